The third kappa shape index (κ3) is 4.35. The van der Waals surface area contributed by atoms with Crippen LogP contribution in [0.3, 0.4) is 0 Å². The molecule has 140 valence electrons. The fourth-order valence-electron chi connectivity index (χ4n) is 2.49. The zero-order valence-electron chi connectivity index (χ0n) is 14.6. The fraction of sp³-hybridized carbons (Fsp3) is 0.211. The van der Waals surface area contributed by atoms with Crippen molar-refractivity contribution in [3.05, 3.63) is 59.7 Å². The predicted molar refractivity (Wildman–Crippen MR) is 94.6 cm³/mol. The van der Waals surface area contributed by atoms with Crippen molar-refractivity contribution in [1.29, 1.82) is 0 Å². The second-order valence-corrected chi connectivity index (χ2v) is 5.62. The minimum Gasteiger partial charge on any atom is -0.486 e. The van der Waals surface area contributed by atoms with Crippen molar-refractivity contribution in [3.63, 3.8) is 0 Å². The van der Waals surface area contributed by atoms with Crippen LogP contribution in [0.2, 0.25) is 0 Å². The third-order valence-electron chi connectivity index (χ3n) is 3.81. The third-order valence-corrected chi connectivity index (χ3v) is 3.81. The Morgan fingerprint density at radius 3 is 2.41 bits per heavy atom. The molecular formula is C19H18N2O6. The lowest BCUT2D eigenvalue weighted by atomic mass is 10.1. The zero-order valence-corrected chi connectivity index (χ0v) is 14.6. The summed E-state index contributed by atoms with van der Waals surface area (Å²) in [6, 6.07) is 12.4. The Morgan fingerprint density at radius 1 is 1.00 bits per heavy atom. The van der Waals surface area contributed by atoms with Crippen LogP contribution in [-0.4, -0.2) is 38.2 Å². The number of amides is 3. The second kappa shape index (κ2) is 8.22. The van der Waals surface area contributed by atoms with Gasteiger partial charge in [0, 0.05) is 12.6 Å². The molecule has 0 fully saturated rings. The molecule has 2 N–H and O–H groups in total. The molecule has 2 aromatic rings. The molecule has 0 saturated carbocycles. The molecule has 8 nitrogen and oxygen atoms in total. The number of urea groups is 1. The lowest BCUT2D eigenvalue weighted by Crippen LogP contribution is -2.41. The van der Waals surface area contributed by atoms with Crippen LogP contribution in [0.1, 0.15) is 22.0 Å². The molecule has 3 amide bonds. The number of carbonyl (C=O) groups excluding carboxylic acids is 3. The number of esters is 1. The molecule has 0 radical (unpaired) electrons. The number of nitrogens with one attached hydrogen (secondary N) is 2. The molecule has 2 aromatic carbocycles. The van der Waals surface area contributed by atoms with Gasteiger partial charge in [-0.25, -0.2) is 9.59 Å². The van der Waals surface area contributed by atoms with Gasteiger partial charge in [-0.1, -0.05) is 30.3 Å². The minimum atomic E-state index is -1.29. The van der Waals surface area contributed by atoms with Crippen molar-refractivity contribution < 1.29 is 28.6 Å². The SMILES string of the molecule is CNC(=O)NC(=O)[C@H](OC(=O)c1ccc2c(c1)OCCO2)c1ccccc1. The van der Waals surface area contributed by atoms with Crippen LogP contribution in [-0.2, 0) is 9.53 Å². The van der Waals surface area contributed by atoms with E-state index in [1.54, 1.807) is 36.4 Å². The van der Waals surface area contributed by atoms with Crippen molar-refractivity contribution in [2.45, 2.75) is 6.10 Å². The minimum absolute atomic E-state index is 0.202. The highest BCUT2D eigenvalue weighted by Crippen LogP contribution is 2.31. The summed E-state index contributed by atoms with van der Waals surface area (Å²) in [6.07, 6.45) is -1.29. The van der Waals surface area contributed by atoms with Gasteiger partial charge in [0.15, 0.2) is 11.5 Å². The maximum Gasteiger partial charge on any atom is 0.339 e. The summed E-state index contributed by atoms with van der Waals surface area (Å²) in [6.45, 7) is 0.819. The summed E-state index contributed by atoms with van der Waals surface area (Å²) >= 11 is 0. The molecule has 1 heterocycles. The van der Waals surface area contributed by atoms with Crippen molar-refractivity contribution in [2.24, 2.45) is 0 Å². The molecule has 1 atom stereocenters. The van der Waals surface area contributed by atoms with Gasteiger partial charge in [-0.15, -0.1) is 0 Å². The molecule has 3 rings (SSSR count). The number of fused-ring (bicyclic) bond motifs is 1. The number of rotatable bonds is 4. The topological polar surface area (TPSA) is 103 Å². The highest BCUT2D eigenvalue weighted by Gasteiger charge is 2.27. The second-order valence-electron chi connectivity index (χ2n) is 5.62. The molecule has 1 aliphatic rings. The highest BCUT2D eigenvalue weighted by atomic mass is 16.6. The van der Waals surface area contributed by atoms with Gasteiger partial charge < -0.3 is 19.5 Å². The van der Waals surface area contributed by atoms with Crippen molar-refractivity contribution in [3.8, 4) is 11.5 Å². The first-order valence-corrected chi connectivity index (χ1v) is 8.26. The first-order chi connectivity index (χ1) is 13.1. The normalized spacial score (nSPS) is 13.2. The Bertz CT molecular complexity index is 853. The molecule has 1 aliphatic heterocycles. The number of hydrogen-bond donors (Lipinski definition) is 2. The summed E-state index contributed by atoms with van der Waals surface area (Å²) in [5.74, 6) is -0.518. The van der Waals surface area contributed by atoms with Crippen LogP contribution < -0.4 is 20.1 Å². The molecule has 0 saturated heterocycles. The van der Waals surface area contributed by atoms with E-state index in [1.165, 1.54) is 19.2 Å². The molecule has 0 unspecified atom stereocenters. The van der Waals surface area contributed by atoms with E-state index in [0.717, 1.165) is 0 Å². The van der Waals surface area contributed by atoms with E-state index in [9.17, 15) is 14.4 Å². The number of imide groups is 1. The maximum atomic E-state index is 12.6. The van der Waals surface area contributed by atoms with Gasteiger partial charge in [-0.3, -0.25) is 10.1 Å². The van der Waals surface area contributed by atoms with Crippen molar-refractivity contribution in [2.75, 3.05) is 20.3 Å². The number of ether oxygens (including phenoxy) is 3. The van der Waals surface area contributed by atoms with E-state index < -0.39 is 24.0 Å². The van der Waals surface area contributed by atoms with E-state index in [4.69, 9.17) is 14.2 Å². The van der Waals surface area contributed by atoms with Gasteiger partial charge in [0.2, 0.25) is 6.10 Å². The highest BCUT2D eigenvalue weighted by molar-refractivity contribution is 5.99. The summed E-state index contributed by atoms with van der Waals surface area (Å²) in [5.41, 5.74) is 0.637. The Balaban J connectivity index is 1.82. The zero-order chi connectivity index (χ0) is 19.2. The molecule has 27 heavy (non-hydrogen) atoms. The van der Waals surface area contributed by atoms with Gasteiger partial charge in [-0.05, 0) is 18.2 Å². The standard InChI is InChI=1S/C19H18N2O6/c1-20-19(24)21-17(22)16(12-5-3-2-4-6-12)27-18(23)13-7-8-14-15(11-13)26-10-9-25-14/h2-8,11,16H,9-10H2,1H3,(H2,20,21,22,24)/t16-/m1/s1. The molecule has 0 spiro atoms. The Labute approximate surface area is 155 Å². The molecule has 0 bridgehead atoms. The lowest BCUT2D eigenvalue weighted by Gasteiger charge is -2.20. The monoisotopic (exact) mass is 370 g/mol. The Hall–Kier alpha value is -3.55. The van der Waals surface area contributed by atoms with Crippen molar-refractivity contribution >= 4 is 17.9 Å². The molecule has 0 aromatic heterocycles. The number of carbonyl (C=O) groups is 3. The van der Waals surface area contributed by atoms with Gasteiger partial charge in [0.1, 0.15) is 13.2 Å². The Kier molecular flexibility index (Phi) is 5.55. The predicted octanol–water partition coefficient (Wildman–Crippen LogP) is 1.81. The van der Waals surface area contributed by atoms with E-state index >= 15 is 0 Å². The van der Waals surface area contributed by atoms with Crippen LogP contribution in [0.15, 0.2) is 48.5 Å². The van der Waals surface area contributed by atoms with E-state index in [1.807, 2.05) is 0 Å². The van der Waals surface area contributed by atoms with Crippen LogP contribution in [0.4, 0.5) is 4.79 Å². The van der Waals surface area contributed by atoms with Gasteiger partial charge in [0.25, 0.3) is 5.91 Å². The first kappa shape index (κ1) is 18.2. The molecule has 0 aliphatic carbocycles. The van der Waals surface area contributed by atoms with E-state index in [0.29, 0.717) is 30.3 Å². The Morgan fingerprint density at radius 2 is 1.70 bits per heavy atom. The van der Waals surface area contributed by atoms with Gasteiger partial charge in [-0.2, -0.15) is 0 Å². The lowest BCUT2D eigenvalue weighted by molar-refractivity contribution is -0.129. The summed E-state index contributed by atoms with van der Waals surface area (Å²) in [7, 11) is 1.38. The summed E-state index contributed by atoms with van der Waals surface area (Å²) < 4.78 is 16.3. The van der Waals surface area contributed by atoms with E-state index in [-0.39, 0.29) is 5.56 Å². The van der Waals surface area contributed by atoms with Crippen LogP contribution in [0.5, 0.6) is 11.5 Å². The molecule has 8 heteroatoms. The average molecular weight is 370 g/mol. The average Bonchev–Trinajstić information content (AvgIpc) is 2.71. The smallest absolute Gasteiger partial charge is 0.339 e. The largest absolute Gasteiger partial charge is 0.486 e. The summed E-state index contributed by atoms with van der Waals surface area (Å²) in [4.78, 5) is 36.5. The van der Waals surface area contributed by atoms with Crippen LogP contribution in [0.25, 0.3) is 0 Å². The fourth-order valence-corrected chi connectivity index (χ4v) is 2.49. The van der Waals surface area contributed by atoms with Gasteiger partial charge in [0.05, 0.1) is 5.56 Å². The molecular weight excluding hydrogens is 352 g/mol. The van der Waals surface area contributed by atoms with Crippen molar-refractivity contribution in [1.82, 2.24) is 10.6 Å². The van der Waals surface area contributed by atoms with Crippen LogP contribution >= 0.6 is 0 Å². The van der Waals surface area contributed by atoms with Crippen LogP contribution in [0, 0.1) is 0 Å². The van der Waals surface area contributed by atoms with Gasteiger partial charge >= 0.3 is 12.0 Å². The summed E-state index contributed by atoms with van der Waals surface area (Å²) in [5, 5.41) is 4.40. The number of benzene rings is 2. The quantitative estimate of drug-likeness (QED) is 0.796. The number of hydrogen-bond acceptors (Lipinski definition) is 6. The maximum absolute atomic E-state index is 12.6. The first-order valence-electron chi connectivity index (χ1n) is 8.26. The van der Waals surface area contributed by atoms with E-state index in [2.05, 4.69) is 10.6 Å².